The predicted octanol–water partition coefficient (Wildman–Crippen LogP) is 2.48. The van der Waals surface area contributed by atoms with Gasteiger partial charge in [-0.3, -0.25) is 4.79 Å². The fourth-order valence-corrected chi connectivity index (χ4v) is 2.71. The number of nitrogens with one attached hydrogen (secondary N) is 1. The molecular weight excluding hydrogens is 294 g/mol. The molecule has 23 heavy (non-hydrogen) atoms. The van der Waals surface area contributed by atoms with Crippen LogP contribution in [0.1, 0.15) is 30.7 Å². The maximum Gasteiger partial charge on any atom is 0.246 e. The minimum Gasteiger partial charge on any atom is -0.381 e. The Kier molecular flexibility index (Phi) is 5.02. The minimum absolute atomic E-state index is 0.00388. The molecular formula is C17H21N3O3. The Morgan fingerprint density at radius 3 is 3.13 bits per heavy atom. The molecule has 1 amide bonds. The molecule has 1 aromatic carbocycles. The number of carbonyl (C=O) groups excluding carboxylic acids is 1. The molecule has 2 heterocycles. The minimum atomic E-state index is -0.00388. The van der Waals surface area contributed by atoms with E-state index < -0.39 is 0 Å². The van der Waals surface area contributed by atoms with Crippen LogP contribution in [0.3, 0.4) is 0 Å². The van der Waals surface area contributed by atoms with Crippen LogP contribution in [-0.2, 0) is 16.1 Å². The van der Waals surface area contributed by atoms with E-state index in [2.05, 4.69) is 15.5 Å². The first kappa shape index (κ1) is 15.7. The highest BCUT2D eigenvalue weighted by Gasteiger charge is 2.18. The third-order valence-corrected chi connectivity index (χ3v) is 3.91. The number of aryl methyl sites for hydroxylation is 1. The van der Waals surface area contributed by atoms with Crippen molar-refractivity contribution >= 4 is 5.91 Å². The van der Waals surface area contributed by atoms with Crippen molar-refractivity contribution in [3.8, 4) is 11.4 Å². The molecule has 1 N–H and O–H groups in total. The topological polar surface area (TPSA) is 77.2 Å². The van der Waals surface area contributed by atoms with Crippen LogP contribution in [0.5, 0.6) is 0 Å². The van der Waals surface area contributed by atoms with Crippen LogP contribution in [0, 0.1) is 12.8 Å². The average Bonchev–Trinajstić information content (AvgIpc) is 3.03. The van der Waals surface area contributed by atoms with Gasteiger partial charge < -0.3 is 14.6 Å². The van der Waals surface area contributed by atoms with Gasteiger partial charge in [0.15, 0.2) is 0 Å². The summed E-state index contributed by atoms with van der Waals surface area (Å²) in [5.41, 5.74) is 2.04. The molecule has 0 radical (unpaired) electrons. The molecule has 1 atom stereocenters. The number of nitrogens with zero attached hydrogens (tertiary/aromatic N) is 2. The molecule has 0 spiro atoms. The zero-order valence-corrected chi connectivity index (χ0v) is 13.2. The fourth-order valence-electron chi connectivity index (χ4n) is 2.71. The average molecular weight is 315 g/mol. The lowest BCUT2D eigenvalue weighted by atomic mass is 9.98. The molecule has 0 aliphatic carbocycles. The molecule has 1 saturated heterocycles. The summed E-state index contributed by atoms with van der Waals surface area (Å²) in [6, 6.07) is 7.90. The molecule has 1 aliphatic rings. The smallest absolute Gasteiger partial charge is 0.246 e. The van der Waals surface area contributed by atoms with E-state index in [1.165, 1.54) is 0 Å². The van der Waals surface area contributed by atoms with Gasteiger partial charge in [-0.15, -0.1) is 0 Å². The van der Waals surface area contributed by atoms with Gasteiger partial charge in [0.25, 0.3) is 0 Å². The first-order chi connectivity index (χ1) is 11.2. The molecule has 122 valence electrons. The third-order valence-electron chi connectivity index (χ3n) is 3.91. The quantitative estimate of drug-likeness (QED) is 0.917. The summed E-state index contributed by atoms with van der Waals surface area (Å²) in [5.74, 6) is 1.26. The van der Waals surface area contributed by atoms with Crippen molar-refractivity contribution in [2.45, 2.75) is 32.7 Å². The Morgan fingerprint density at radius 1 is 1.43 bits per heavy atom. The molecule has 6 nitrogen and oxygen atoms in total. The van der Waals surface area contributed by atoms with Gasteiger partial charge in [0.2, 0.25) is 17.6 Å². The summed E-state index contributed by atoms with van der Waals surface area (Å²) < 4.78 is 10.6. The molecule has 1 aromatic heterocycles. The molecule has 1 aliphatic heterocycles. The number of carbonyl (C=O) groups is 1. The molecule has 0 saturated carbocycles. The number of hydrogen-bond acceptors (Lipinski definition) is 5. The second kappa shape index (κ2) is 7.37. The van der Waals surface area contributed by atoms with E-state index in [0.29, 0.717) is 30.7 Å². The van der Waals surface area contributed by atoms with E-state index in [0.717, 1.165) is 30.6 Å². The Bertz CT molecular complexity index is 663. The van der Waals surface area contributed by atoms with Crippen molar-refractivity contribution in [3.63, 3.8) is 0 Å². The third kappa shape index (κ3) is 4.39. The van der Waals surface area contributed by atoms with Gasteiger partial charge in [0, 0.05) is 25.2 Å². The summed E-state index contributed by atoms with van der Waals surface area (Å²) in [5, 5.41) is 6.80. The molecule has 0 unspecified atom stereocenters. The number of benzene rings is 1. The van der Waals surface area contributed by atoms with Crippen molar-refractivity contribution in [2.24, 2.45) is 5.92 Å². The maximum absolute atomic E-state index is 11.9. The summed E-state index contributed by atoms with van der Waals surface area (Å²) in [4.78, 5) is 16.3. The highest BCUT2D eigenvalue weighted by Crippen LogP contribution is 2.18. The van der Waals surface area contributed by atoms with Crippen LogP contribution in [0.4, 0.5) is 0 Å². The predicted molar refractivity (Wildman–Crippen MR) is 84.5 cm³/mol. The lowest BCUT2D eigenvalue weighted by molar-refractivity contribution is -0.123. The van der Waals surface area contributed by atoms with Gasteiger partial charge >= 0.3 is 0 Å². The Balaban J connectivity index is 1.52. The Labute approximate surface area is 135 Å². The Hall–Kier alpha value is -2.21. The summed E-state index contributed by atoms with van der Waals surface area (Å²) in [6.45, 7) is 3.75. The maximum atomic E-state index is 11.9. The lowest BCUT2D eigenvalue weighted by Crippen LogP contribution is -2.28. The molecule has 1 fully saturated rings. The van der Waals surface area contributed by atoms with Crippen LogP contribution >= 0.6 is 0 Å². The first-order valence-electron chi connectivity index (χ1n) is 7.95. The monoisotopic (exact) mass is 315 g/mol. The van der Waals surface area contributed by atoms with Crippen LogP contribution in [0.2, 0.25) is 0 Å². The zero-order valence-electron chi connectivity index (χ0n) is 13.2. The summed E-state index contributed by atoms with van der Waals surface area (Å²) in [6.07, 6.45) is 2.56. The molecule has 0 bridgehead atoms. The van der Waals surface area contributed by atoms with Crippen molar-refractivity contribution in [1.29, 1.82) is 0 Å². The van der Waals surface area contributed by atoms with Crippen LogP contribution in [-0.4, -0.2) is 29.3 Å². The molecule has 2 aromatic rings. The number of hydrogen-bond donors (Lipinski definition) is 1. The number of aromatic nitrogens is 2. The van der Waals surface area contributed by atoms with E-state index in [-0.39, 0.29) is 12.5 Å². The first-order valence-corrected chi connectivity index (χ1v) is 7.95. The number of amides is 1. The van der Waals surface area contributed by atoms with Crippen LogP contribution in [0.25, 0.3) is 11.4 Å². The van der Waals surface area contributed by atoms with Gasteiger partial charge in [0.1, 0.15) is 0 Å². The van der Waals surface area contributed by atoms with E-state index in [1.54, 1.807) is 0 Å². The van der Waals surface area contributed by atoms with Crippen molar-refractivity contribution in [2.75, 3.05) is 13.2 Å². The second-order valence-electron chi connectivity index (χ2n) is 5.95. The molecule has 3 rings (SSSR count). The van der Waals surface area contributed by atoms with Crippen molar-refractivity contribution in [1.82, 2.24) is 15.5 Å². The normalized spacial score (nSPS) is 17.9. The zero-order chi connectivity index (χ0) is 16.1. The van der Waals surface area contributed by atoms with Crippen molar-refractivity contribution in [3.05, 3.63) is 35.7 Å². The lowest BCUT2D eigenvalue weighted by Gasteiger charge is -2.21. The van der Waals surface area contributed by atoms with Gasteiger partial charge in [0.05, 0.1) is 6.54 Å². The number of rotatable bonds is 5. The SMILES string of the molecule is Cc1cccc(-c2noc(CNC(=O)C[C@@H]3CCCOC3)n2)c1. The largest absolute Gasteiger partial charge is 0.381 e. The highest BCUT2D eigenvalue weighted by atomic mass is 16.5. The van der Waals surface area contributed by atoms with E-state index in [1.807, 2.05) is 31.2 Å². The number of ether oxygens (including phenoxy) is 1. The highest BCUT2D eigenvalue weighted by molar-refractivity contribution is 5.76. The van der Waals surface area contributed by atoms with E-state index in [4.69, 9.17) is 9.26 Å². The summed E-state index contributed by atoms with van der Waals surface area (Å²) >= 11 is 0. The second-order valence-corrected chi connectivity index (χ2v) is 5.95. The van der Waals surface area contributed by atoms with Gasteiger partial charge in [-0.05, 0) is 31.7 Å². The van der Waals surface area contributed by atoms with E-state index in [9.17, 15) is 4.79 Å². The standard InChI is InChI=1S/C17H21N3O3/c1-12-4-2-6-14(8-12)17-19-16(23-20-17)10-18-15(21)9-13-5-3-7-22-11-13/h2,4,6,8,13H,3,5,7,9-11H2,1H3,(H,18,21)/t13-/m0/s1. The van der Waals surface area contributed by atoms with Crippen LogP contribution in [0.15, 0.2) is 28.8 Å². The van der Waals surface area contributed by atoms with Gasteiger partial charge in [-0.1, -0.05) is 28.9 Å². The summed E-state index contributed by atoms with van der Waals surface area (Å²) in [7, 11) is 0. The van der Waals surface area contributed by atoms with Crippen LogP contribution < -0.4 is 5.32 Å². The molecule has 6 heteroatoms. The van der Waals surface area contributed by atoms with Gasteiger partial charge in [-0.2, -0.15) is 4.98 Å². The van der Waals surface area contributed by atoms with Gasteiger partial charge in [-0.25, -0.2) is 0 Å². The van der Waals surface area contributed by atoms with Crippen molar-refractivity contribution < 1.29 is 14.1 Å². The van der Waals surface area contributed by atoms with E-state index >= 15 is 0 Å². The fraction of sp³-hybridized carbons (Fsp3) is 0.471. The Morgan fingerprint density at radius 2 is 2.35 bits per heavy atom.